The van der Waals surface area contributed by atoms with Gasteiger partial charge in [-0.3, -0.25) is 10.1 Å². The monoisotopic (exact) mass is 255 g/mol. The lowest BCUT2D eigenvalue weighted by molar-refractivity contribution is -0.137. The summed E-state index contributed by atoms with van der Waals surface area (Å²) >= 11 is 0. The molecule has 0 aliphatic heterocycles. The molecule has 0 bridgehead atoms. The van der Waals surface area contributed by atoms with E-state index in [1.165, 1.54) is 0 Å². The third-order valence-corrected chi connectivity index (χ3v) is 3.15. The molecule has 0 aliphatic rings. The maximum atomic E-state index is 10.4. The van der Waals surface area contributed by atoms with E-state index >= 15 is 0 Å². The van der Waals surface area contributed by atoms with Crippen molar-refractivity contribution < 1.29 is 9.90 Å². The first-order valence-corrected chi connectivity index (χ1v) is 6.57. The number of rotatable bonds is 10. The molecule has 5 heteroatoms. The van der Waals surface area contributed by atoms with Crippen molar-refractivity contribution in [2.45, 2.75) is 45.6 Å². The molecule has 0 heterocycles. The number of nitriles is 1. The van der Waals surface area contributed by atoms with Crippen LogP contribution in [0.25, 0.3) is 0 Å². The number of hydrogen-bond acceptors (Lipinski definition) is 4. The van der Waals surface area contributed by atoms with Gasteiger partial charge in [0.15, 0.2) is 0 Å². The number of likely N-dealkylation sites (N-methyl/N-ethyl adjacent to an activating group) is 1. The van der Waals surface area contributed by atoms with Crippen LogP contribution in [0.1, 0.15) is 40.0 Å². The first-order chi connectivity index (χ1) is 8.47. The number of carboxylic acid groups (broad SMARTS) is 1. The summed E-state index contributed by atoms with van der Waals surface area (Å²) in [5.41, 5.74) is -0.622. The van der Waals surface area contributed by atoms with E-state index in [4.69, 9.17) is 10.4 Å². The van der Waals surface area contributed by atoms with E-state index < -0.39 is 11.5 Å². The van der Waals surface area contributed by atoms with Crippen molar-refractivity contribution in [3.05, 3.63) is 0 Å². The zero-order chi connectivity index (χ0) is 14.0. The zero-order valence-corrected chi connectivity index (χ0v) is 11.7. The SMILES string of the molecule is CCN(CC)CCNC(C)(C#N)CCCC(=O)O. The molecular weight excluding hydrogens is 230 g/mol. The summed E-state index contributed by atoms with van der Waals surface area (Å²) in [7, 11) is 0. The predicted octanol–water partition coefficient (Wildman–Crippen LogP) is 1.45. The number of nitrogens with one attached hydrogen (secondary N) is 1. The normalized spacial score (nSPS) is 14.2. The van der Waals surface area contributed by atoms with Gasteiger partial charge < -0.3 is 10.0 Å². The highest BCUT2D eigenvalue weighted by molar-refractivity contribution is 5.66. The van der Waals surface area contributed by atoms with Gasteiger partial charge in [-0.1, -0.05) is 13.8 Å². The van der Waals surface area contributed by atoms with Crippen LogP contribution >= 0.6 is 0 Å². The Kier molecular flexibility index (Phi) is 8.34. The van der Waals surface area contributed by atoms with Crippen molar-refractivity contribution in [1.29, 1.82) is 5.26 Å². The van der Waals surface area contributed by atoms with Gasteiger partial charge in [0.1, 0.15) is 5.54 Å². The van der Waals surface area contributed by atoms with Gasteiger partial charge in [-0.05, 0) is 32.9 Å². The van der Waals surface area contributed by atoms with Crippen molar-refractivity contribution in [3.63, 3.8) is 0 Å². The van der Waals surface area contributed by atoms with Crippen molar-refractivity contribution in [3.8, 4) is 6.07 Å². The minimum absolute atomic E-state index is 0.120. The summed E-state index contributed by atoms with van der Waals surface area (Å²) in [4.78, 5) is 12.7. The summed E-state index contributed by atoms with van der Waals surface area (Å²) < 4.78 is 0. The van der Waals surface area contributed by atoms with Gasteiger partial charge in [0.2, 0.25) is 0 Å². The van der Waals surface area contributed by atoms with Crippen LogP contribution in [0.2, 0.25) is 0 Å². The molecule has 0 amide bonds. The smallest absolute Gasteiger partial charge is 0.303 e. The van der Waals surface area contributed by atoms with Gasteiger partial charge in [-0.15, -0.1) is 0 Å². The van der Waals surface area contributed by atoms with Gasteiger partial charge >= 0.3 is 5.97 Å². The topological polar surface area (TPSA) is 76.4 Å². The van der Waals surface area contributed by atoms with Crippen LogP contribution in [0.3, 0.4) is 0 Å². The molecule has 18 heavy (non-hydrogen) atoms. The third-order valence-electron chi connectivity index (χ3n) is 3.15. The van der Waals surface area contributed by atoms with Gasteiger partial charge in [-0.2, -0.15) is 5.26 Å². The maximum Gasteiger partial charge on any atom is 0.303 e. The third kappa shape index (κ3) is 7.25. The molecule has 0 radical (unpaired) electrons. The summed E-state index contributed by atoms with van der Waals surface area (Å²) in [5, 5.41) is 21.0. The first-order valence-electron chi connectivity index (χ1n) is 6.57. The Morgan fingerprint density at radius 3 is 2.50 bits per heavy atom. The Hall–Kier alpha value is -1.12. The van der Waals surface area contributed by atoms with E-state index in [-0.39, 0.29) is 6.42 Å². The number of nitrogens with zero attached hydrogens (tertiary/aromatic N) is 2. The molecule has 1 unspecified atom stereocenters. The van der Waals surface area contributed by atoms with E-state index in [0.717, 1.165) is 26.2 Å². The van der Waals surface area contributed by atoms with Gasteiger partial charge in [-0.25, -0.2) is 0 Å². The Labute approximate surface area is 110 Å². The molecule has 0 rings (SSSR count). The quantitative estimate of drug-likeness (QED) is 0.618. The van der Waals surface area contributed by atoms with E-state index in [1.807, 2.05) is 6.92 Å². The lowest BCUT2D eigenvalue weighted by atomic mass is 9.96. The van der Waals surface area contributed by atoms with E-state index in [9.17, 15) is 4.79 Å². The summed E-state index contributed by atoms with van der Waals surface area (Å²) in [5.74, 6) is -0.807. The highest BCUT2D eigenvalue weighted by atomic mass is 16.4. The van der Waals surface area contributed by atoms with Crippen molar-refractivity contribution in [2.24, 2.45) is 0 Å². The fraction of sp³-hybridized carbons (Fsp3) is 0.846. The number of aliphatic carboxylic acids is 1. The Bertz CT molecular complexity index is 284. The molecule has 0 aliphatic carbocycles. The number of carboxylic acids is 1. The van der Waals surface area contributed by atoms with E-state index in [2.05, 4.69) is 30.1 Å². The van der Waals surface area contributed by atoms with Crippen molar-refractivity contribution in [2.75, 3.05) is 26.2 Å². The molecule has 0 aromatic carbocycles. The highest BCUT2D eigenvalue weighted by Gasteiger charge is 2.22. The Morgan fingerprint density at radius 2 is 2.06 bits per heavy atom. The molecule has 0 aromatic rings. The van der Waals surface area contributed by atoms with Crippen LogP contribution in [0.15, 0.2) is 0 Å². The maximum absolute atomic E-state index is 10.4. The molecule has 0 saturated heterocycles. The molecular formula is C13H25N3O2. The first kappa shape index (κ1) is 16.9. The molecule has 2 N–H and O–H groups in total. The average Bonchev–Trinajstić information content (AvgIpc) is 2.34. The Morgan fingerprint density at radius 1 is 1.44 bits per heavy atom. The summed E-state index contributed by atoms with van der Waals surface area (Å²) in [6.07, 6.45) is 1.21. The predicted molar refractivity (Wildman–Crippen MR) is 71.3 cm³/mol. The fourth-order valence-corrected chi connectivity index (χ4v) is 1.81. The van der Waals surface area contributed by atoms with Crippen LogP contribution in [0, 0.1) is 11.3 Å². The lowest BCUT2D eigenvalue weighted by Crippen LogP contribution is -2.44. The lowest BCUT2D eigenvalue weighted by Gasteiger charge is -2.25. The standard InChI is InChI=1S/C13H25N3O2/c1-4-16(5-2)10-9-15-13(3,11-14)8-6-7-12(17)18/h15H,4-10H2,1-3H3,(H,17,18). The summed E-state index contributed by atoms with van der Waals surface area (Å²) in [6, 6.07) is 2.24. The molecule has 0 aromatic heterocycles. The molecule has 0 spiro atoms. The van der Waals surface area contributed by atoms with Crippen LogP contribution in [0.4, 0.5) is 0 Å². The Balaban J connectivity index is 4.00. The van der Waals surface area contributed by atoms with E-state index in [1.54, 1.807) is 0 Å². The molecule has 0 saturated carbocycles. The highest BCUT2D eigenvalue weighted by Crippen LogP contribution is 2.12. The van der Waals surface area contributed by atoms with Crippen LogP contribution in [0.5, 0.6) is 0 Å². The van der Waals surface area contributed by atoms with Crippen molar-refractivity contribution >= 4 is 5.97 Å². The summed E-state index contributed by atoms with van der Waals surface area (Å²) in [6.45, 7) is 9.71. The van der Waals surface area contributed by atoms with Crippen molar-refractivity contribution in [1.82, 2.24) is 10.2 Å². The van der Waals surface area contributed by atoms with Gasteiger partial charge in [0, 0.05) is 19.5 Å². The minimum atomic E-state index is -0.807. The fourth-order valence-electron chi connectivity index (χ4n) is 1.81. The molecule has 0 fully saturated rings. The van der Waals surface area contributed by atoms with Crippen LogP contribution < -0.4 is 5.32 Å². The minimum Gasteiger partial charge on any atom is -0.481 e. The van der Waals surface area contributed by atoms with Gasteiger partial charge in [0.05, 0.1) is 6.07 Å². The van der Waals surface area contributed by atoms with Crippen LogP contribution in [-0.4, -0.2) is 47.7 Å². The molecule has 5 nitrogen and oxygen atoms in total. The second-order valence-electron chi connectivity index (χ2n) is 4.64. The van der Waals surface area contributed by atoms with Crippen LogP contribution in [-0.2, 0) is 4.79 Å². The molecule has 104 valence electrons. The zero-order valence-electron chi connectivity index (χ0n) is 11.7. The second-order valence-corrected chi connectivity index (χ2v) is 4.64. The average molecular weight is 255 g/mol. The van der Waals surface area contributed by atoms with Gasteiger partial charge in [0.25, 0.3) is 0 Å². The number of carbonyl (C=O) groups is 1. The molecule has 1 atom stereocenters. The number of hydrogen-bond donors (Lipinski definition) is 2. The van der Waals surface area contributed by atoms with E-state index in [0.29, 0.717) is 12.8 Å². The second kappa shape index (κ2) is 8.90. The largest absolute Gasteiger partial charge is 0.481 e.